The van der Waals surface area contributed by atoms with Crippen LogP contribution < -0.4 is 0 Å². The van der Waals surface area contributed by atoms with Gasteiger partial charge in [0.05, 0.1) is 6.10 Å². The van der Waals surface area contributed by atoms with Gasteiger partial charge in [0.1, 0.15) is 0 Å². The first kappa shape index (κ1) is 11.9. The van der Waals surface area contributed by atoms with Gasteiger partial charge in [-0.25, -0.2) is 0 Å². The smallest absolute Gasteiger partial charge is 0.0695 e. The molecule has 17 heavy (non-hydrogen) atoms. The van der Waals surface area contributed by atoms with Gasteiger partial charge >= 0.3 is 0 Å². The van der Waals surface area contributed by atoms with Crippen molar-refractivity contribution >= 4 is 0 Å². The number of aliphatic hydroxyl groups is 1. The summed E-state index contributed by atoms with van der Waals surface area (Å²) in [5.41, 5.74) is 0. The molecule has 0 aromatic heterocycles. The summed E-state index contributed by atoms with van der Waals surface area (Å²) in [5, 5.41) is 10.1. The monoisotopic (exact) mass is 238 g/mol. The minimum Gasteiger partial charge on any atom is -0.392 e. The molecule has 1 aliphatic carbocycles. The molecule has 0 amide bonds. The van der Waals surface area contributed by atoms with Gasteiger partial charge in [0.25, 0.3) is 0 Å². The molecule has 3 heteroatoms. The van der Waals surface area contributed by atoms with E-state index in [1.165, 1.54) is 51.7 Å². The van der Waals surface area contributed by atoms with Crippen LogP contribution in [0.4, 0.5) is 0 Å². The summed E-state index contributed by atoms with van der Waals surface area (Å²) in [6.07, 6.45) is 6.58. The zero-order valence-corrected chi connectivity index (χ0v) is 11.0. The number of nitrogens with zero attached hydrogens (tertiary/aromatic N) is 2. The second-order valence-electron chi connectivity index (χ2n) is 6.35. The highest BCUT2D eigenvalue weighted by atomic mass is 16.3. The molecule has 3 fully saturated rings. The summed E-state index contributed by atoms with van der Waals surface area (Å²) >= 11 is 0. The third-order valence-corrected chi connectivity index (χ3v) is 4.90. The molecule has 3 nitrogen and oxygen atoms in total. The van der Waals surface area contributed by atoms with Gasteiger partial charge in [0, 0.05) is 31.7 Å². The molecule has 2 aliphatic heterocycles. The van der Waals surface area contributed by atoms with Crippen molar-refractivity contribution in [2.75, 3.05) is 26.2 Å². The molecule has 0 spiro atoms. The van der Waals surface area contributed by atoms with Crippen LogP contribution in [0.2, 0.25) is 0 Å². The van der Waals surface area contributed by atoms with Crippen molar-refractivity contribution in [3.63, 3.8) is 0 Å². The number of rotatable bonds is 3. The SMILES string of the molecule is CC1CN2CCCCC2CN1CC(O)C1CC1. The standard InChI is InChI=1S/C14H26N2O/c1-11-8-15-7-3-2-4-13(15)9-16(11)10-14(17)12-5-6-12/h11-14,17H,2-10H2,1H3. The van der Waals surface area contributed by atoms with Crippen LogP contribution >= 0.6 is 0 Å². The Kier molecular flexibility index (Phi) is 3.42. The van der Waals surface area contributed by atoms with Crippen molar-refractivity contribution in [1.29, 1.82) is 0 Å². The molecule has 3 aliphatic rings. The average Bonchev–Trinajstić information content (AvgIpc) is 3.14. The van der Waals surface area contributed by atoms with Crippen LogP contribution in [0.5, 0.6) is 0 Å². The molecular formula is C14H26N2O. The van der Waals surface area contributed by atoms with E-state index in [1.54, 1.807) is 0 Å². The van der Waals surface area contributed by atoms with Gasteiger partial charge in [0.2, 0.25) is 0 Å². The number of β-amino-alcohol motifs (C(OH)–C–C–N with tert-alkyl or cyclic N) is 1. The fourth-order valence-corrected chi connectivity index (χ4v) is 3.54. The van der Waals surface area contributed by atoms with Crippen molar-refractivity contribution < 1.29 is 5.11 Å². The van der Waals surface area contributed by atoms with Gasteiger partial charge in [0.15, 0.2) is 0 Å². The molecule has 0 bridgehead atoms. The van der Waals surface area contributed by atoms with Gasteiger partial charge in [-0.15, -0.1) is 0 Å². The number of piperidine rings is 1. The van der Waals surface area contributed by atoms with Gasteiger partial charge in [-0.3, -0.25) is 9.80 Å². The Morgan fingerprint density at radius 1 is 1.18 bits per heavy atom. The van der Waals surface area contributed by atoms with E-state index in [1.807, 2.05) is 0 Å². The molecule has 3 atom stereocenters. The Hall–Kier alpha value is -0.120. The number of aliphatic hydroxyl groups excluding tert-OH is 1. The van der Waals surface area contributed by atoms with Crippen molar-refractivity contribution in [3.8, 4) is 0 Å². The number of hydrogen-bond donors (Lipinski definition) is 1. The lowest BCUT2D eigenvalue weighted by atomic mass is 9.96. The quantitative estimate of drug-likeness (QED) is 0.803. The molecule has 2 saturated heterocycles. The minimum atomic E-state index is -0.0624. The van der Waals surface area contributed by atoms with Gasteiger partial charge in [-0.2, -0.15) is 0 Å². The zero-order valence-electron chi connectivity index (χ0n) is 11.0. The Morgan fingerprint density at radius 2 is 2.00 bits per heavy atom. The van der Waals surface area contributed by atoms with Crippen molar-refractivity contribution in [1.82, 2.24) is 9.80 Å². The van der Waals surface area contributed by atoms with Crippen LogP contribution in [-0.2, 0) is 0 Å². The summed E-state index contributed by atoms with van der Waals surface area (Å²) in [6, 6.07) is 1.39. The van der Waals surface area contributed by atoms with E-state index in [4.69, 9.17) is 0 Å². The lowest BCUT2D eigenvalue weighted by Gasteiger charge is -2.48. The van der Waals surface area contributed by atoms with E-state index in [9.17, 15) is 5.11 Å². The fourth-order valence-electron chi connectivity index (χ4n) is 3.54. The third kappa shape index (κ3) is 2.67. The van der Waals surface area contributed by atoms with Crippen LogP contribution in [0.15, 0.2) is 0 Å². The van der Waals surface area contributed by atoms with E-state index in [0.29, 0.717) is 12.0 Å². The largest absolute Gasteiger partial charge is 0.392 e. The normalized spacial score (nSPS) is 37.8. The Labute approximate surface area is 105 Å². The highest BCUT2D eigenvalue weighted by Crippen LogP contribution is 2.33. The maximum absolute atomic E-state index is 10.1. The maximum Gasteiger partial charge on any atom is 0.0695 e. The minimum absolute atomic E-state index is 0.0624. The summed E-state index contributed by atoms with van der Waals surface area (Å²) < 4.78 is 0. The van der Waals surface area contributed by atoms with Crippen LogP contribution in [0.25, 0.3) is 0 Å². The molecule has 0 aromatic carbocycles. The Bertz CT molecular complexity index is 267. The van der Waals surface area contributed by atoms with E-state index >= 15 is 0 Å². The predicted octanol–water partition coefficient (Wildman–Crippen LogP) is 1.32. The summed E-state index contributed by atoms with van der Waals surface area (Å²) in [5.74, 6) is 0.617. The first-order valence-corrected chi connectivity index (χ1v) is 7.40. The van der Waals surface area contributed by atoms with E-state index in [2.05, 4.69) is 16.7 Å². The van der Waals surface area contributed by atoms with Crippen LogP contribution in [-0.4, -0.2) is 59.3 Å². The topological polar surface area (TPSA) is 26.7 Å². The van der Waals surface area contributed by atoms with Crippen LogP contribution in [0.3, 0.4) is 0 Å². The molecular weight excluding hydrogens is 212 g/mol. The Morgan fingerprint density at radius 3 is 2.76 bits per heavy atom. The van der Waals surface area contributed by atoms with Crippen molar-refractivity contribution in [3.05, 3.63) is 0 Å². The molecule has 3 rings (SSSR count). The average molecular weight is 238 g/mol. The zero-order chi connectivity index (χ0) is 11.8. The summed E-state index contributed by atoms with van der Waals surface area (Å²) in [4.78, 5) is 5.21. The second kappa shape index (κ2) is 4.87. The fraction of sp³-hybridized carbons (Fsp3) is 1.00. The number of piperazine rings is 1. The van der Waals surface area contributed by atoms with Gasteiger partial charge in [-0.1, -0.05) is 6.42 Å². The highest BCUT2D eigenvalue weighted by molar-refractivity contribution is 4.91. The van der Waals surface area contributed by atoms with E-state index in [0.717, 1.165) is 12.6 Å². The predicted molar refractivity (Wildman–Crippen MR) is 69.0 cm³/mol. The number of hydrogen-bond acceptors (Lipinski definition) is 3. The molecule has 1 N–H and O–H groups in total. The Balaban J connectivity index is 1.56. The second-order valence-corrected chi connectivity index (χ2v) is 6.35. The first-order valence-electron chi connectivity index (χ1n) is 7.40. The maximum atomic E-state index is 10.1. The highest BCUT2D eigenvalue weighted by Gasteiger charge is 2.36. The lowest BCUT2D eigenvalue weighted by molar-refractivity contribution is -0.0109. The molecule has 3 unspecified atom stereocenters. The van der Waals surface area contributed by atoms with Gasteiger partial charge < -0.3 is 5.11 Å². The number of fused-ring (bicyclic) bond motifs is 1. The van der Waals surface area contributed by atoms with Gasteiger partial charge in [-0.05, 0) is 45.1 Å². The first-order chi connectivity index (χ1) is 8.24. The summed E-state index contributed by atoms with van der Waals surface area (Å²) in [6.45, 7) is 6.93. The molecule has 0 radical (unpaired) electrons. The van der Waals surface area contributed by atoms with E-state index < -0.39 is 0 Å². The molecule has 0 aromatic rings. The van der Waals surface area contributed by atoms with Crippen molar-refractivity contribution in [2.45, 2.75) is 57.2 Å². The van der Waals surface area contributed by atoms with Crippen LogP contribution in [0, 0.1) is 5.92 Å². The third-order valence-electron chi connectivity index (χ3n) is 4.90. The summed E-state index contributed by atoms with van der Waals surface area (Å²) in [7, 11) is 0. The van der Waals surface area contributed by atoms with Crippen molar-refractivity contribution in [2.24, 2.45) is 5.92 Å². The molecule has 1 saturated carbocycles. The lowest BCUT2D eigenvalue weighted by Crippen LogP contribution is -2.59. The van der Waals surface area contributed by atoms with E-state index in [-0.39, 0.29) is 6.10 Å². The molecule has 98 valence electrons. The molecule has 2 heterocycles. The van der Waals surface area contributed by atoms with Crippen LogP contribution in [0.1, 0.15) is 39.0 Å².